The molecule has 0 aromatic carbocycles. The Morgan fingerprint density at radius 2 is 2.10 bits per heavy atom. The van der Waals surface area contributed by atoms with E-state index in [1.807, 2.05) is 0 Å². The SMILES string of the molecule is CC(C)(C)OC(=O)NC1=N[C@](CF)(c2nc(Br)ccc2F)CS2(=O)=NCCC[C@@]12C. The van der Waals surface area contributed by atoms with Crippen molar-refractivity contribution in [1.29, 1.82) is 0 Å². The maximum absolute atomic E-state index is 14.7. The van der Waals surface area contributed by atoms with Crippen LogP contribution in [0, 0.1) is 5.82 Å². The number of pyridine rings is 1. The largest absolute Gasteiger partial charge is 0.444 e. The van der Waals surface area contributed by atoms with E-state index in [0.29, 0.717) is 19.4 Å². The summed E-state index contributed by atoms with van der Waals surface area (Å²) in [5, 5.41) is 2.55. The molecule has 3 atom stereocenters. The highest BCUT2D eigenvalue weighted by Gasteiger charge is 2.55. The molecule has 3 heterocycles. The molecule has 2 aliphatic rings. The van der Waals surface area contributed by atoms with Crippen LogP contribution in [0.2, 0.25) is 0 Å². The molecule has 1 aromatic rings. The maximum Gasteiger partial charge on any atom is 0.413 e. The van der Waals surface area contributed by atoms with Gasteiger partial charge in [0.15, 0.2) is 0 Å². The molecule has 0 aliphatic carbocycles. The van der Waals surface area contributed by atoms with Gasteiger partial charge >= 0.3 is 6.09 Å². The number of carbonyl (C=O) groups excluding carboxylic acids is 1. The van der Waals surface area contributed by atoms with Crippen LogP contribution in [0.3, 0.4) is 0 Å². The number of rotatable bonds is 2. The van der Waals surface area contributed by atoms with Crippen molar-refractivity contribution in [3.63, 3.8) is 0 Å². The lowest BCUT2D eigenvalue weighted by Crippen LogP contribution is -2.61. The van der Waals surface area contributed by atoms with Crippen LogP contribution in [0.4, 0.5) is 13.6 Å². The van der Waals surface area contributed by atoms with Crippen molar-refractivity contribution in [2.45, 2.75) is 56.4 Å². The number of hydrogen-bond acceptors (Lipinski definition) is 6. The van der Waals surface area contributed by atoms with Crippen molar-refractivity contribution in [3.05, 3.63) is 28.2 Å². The average molecular weight is 507 g/mol. The van der Waals surface area contributed by atoms with E-state index >= 15 is 0 Å². The second kappa shape index (κ2) is 7.81. The van der Waals surface area contributed by atoms with Crippen LogP contribution in [0.15, 0.2) is 26.1 Å². The molecule has 0 spiro atoms. The van der Waals surface area contributed by atoms with E-state index in [0.717, 1.165) is 6.07 Å². The molecular formula is C19H25BrF2N4O3S. The Bertz CT molecular complexity index is 1020. The highest BCUT2D eigenvalue weighted by atomic mass is 79.9. The molecule has 1 N–H and O–H groups in total. The number of halogens is 3. The minimum absolute atomic E-state index is 0.0183. The minimum atomic E-state index is -3.11. The number of ether oxygens (including phenoxy) is 1. The van der Waals surface area contributed by atoms with Gasteiger partial charge in [0.2, 0.25) is 0 Å². The molecule has 0 fully saturated rings. The van der Waals surface area contributed by atoms with Gasteiger partial charge in [-0.1, -0.05) is 0 Å². The van der Waals surface area contributed by atoms with Crippen LogP contribution in [-0.2, 0) is 20.0 Å². The van der Waals surface area contributed by atoms with Gasteiger partial charge in [-0.3, -0.25) is 10.3 Å². The summed E-state index contributed by atoms with van der Waals surface area (Å²) in [5.41, 5.74) is -2.95. The number of aliphatic imine (C=N–C) groups is 1. The van der Waals surface area contributed by atoms with Gasteiger partial charge in [-0.15, -0.1) is 0 Å². The van der Waals surface area contributed by atoms with E-state index in [1.54, 1.807) is 27.7 Å². The van der Waals surface area contributed by atoms with Gasteiger partial charge in [-0.2, -0.15) is 0 Å². The Kier molecular flexibility index (Phi) is 6.00. The molecular weight excluding hydrogens is 482 g/mol. The number of alkyl carbamates (subject to hydrolysis) is 1. The third-order valence-electron chi connectivity index (χ3n) is 5.17. The van der Waals surface area contributed by atoms with E-state index in [4.69, 9.17) is 4.74 Å². The third kappa shape index (κ3) is 4.10. The molecule has 0 bridgehead atoms. The van der Waals surface area contributed by atoms with Gasteiger partial charge in [-0.05, 0) is 68.6 Å². The molecule has 7 nitrogen and oxygen atoms in total. The lowest BCUT2D eigenvalue weighted by atomic mass is 9.95. The first-order valence-corrected chi connectivity index (χ1v) is 12.0. The molecule has 2 aliphatic heterocycles. The van der Waals surface area contributed by atoms with Gasteiger partial charge in [0, 0.05) is 6.54 Å². The second-order valence-electron chi connectivity index (χ2n) is 8.69. The Morgan fingerprint density at radius 3 is 2.73 bits per heavy atom. The first-order chi connectivity index (χ1) is 13.8. The smallest absolute Gasteiger partial charge is 0.413 e. The number of nitrogens with zero attached hydrogens (tertiary/aromatic N) is 3. The molecule has 1 aromatic heterocycles. The van der Waals surface area contributed by atoms with Gasteiger partial charge < -0.3 is 4.74 Å². The quantitative estimate of drug-likeness (QED) is 0.610. The predicted molar refractivity (Wildman–Crippen MR) is 114 cm³/mol. The number of carbonyl (C=O) groups is 1. The summed E-state index contributed by atoms with van der Waals surface area (Å²) < 4.78 is 52.0. The zero-order valence-corrected chi connectivity index (χ0v) is 19.7. The number of nitrogens with one attached hydrogen (secondary N) is 1. The maximum atomic E-state index is 14.7. The monoisotopic (exact) mass is 506 g/mol. The average Bonchev–Trinajstić information content (AvgIpc) is 2.63. The topological polar surface area (TPSA) is 93.0 Å². The van der Waals surface area contributed by atoms with Crippen LogP contribution < -0.4 is 5.32 Å². The second-order valence-corrected chi connectivity index (χ2v) is 12.2. The van der Waals surface area contributed by atoms with Crippen LogP contribution in [0.1, 0.15) is 46.2 Å². The number of amidine groups is 1. The number of hydrogen-bond donors (Lipinski definition) is 1. The fraction of sp³-hybridized carbons (Fsp3) is 0.632. The predicted octanol–water partition coefficient (Wildman–Crippen LogP) is 4.11. The summed E-state index contributed by atoms with van der Waals surface area (Å²) in [4.78, 5) is 21.0. The van der Waals surface area contributed by atoms with E-state index < -0.39 is 44.2 Å². The standard InChI is InChI=1S/C19H25BrF2N4O3S/c1-17(2,3)29-16(27)25-15-18(4)8-5-9-23-30(18,28)11-19(10-21,26-15)14-12(22)6-7-13(20)24-14/h6-7H,5,8-11H2,1-4H3,(H,25,26,27)/t18-,19-,30?/m0/s1. The van der Waals surface area contributed by atoms with Gasteiger partial charge in [0.1, 0.15) is 44.5 Å². The molecule has 30 heavy (non-hydrogen) atoms. The summed E-state index contributed by atoms with van der Waals surface area (Å²) in [6.07, 6.45) is 0.252. The number of fused-ring (bicyclic) bond motifs is 1. The third-order valence-corrected chi connectivity index (χ3v) is 8.89. The Hall–Kier alpha value is -1.62. The molecule has 3 rings (SSSR count). The summed E-state index contributed by atoms with van der Waals surface area (Å²) >= 11 is 3.16. The molecule has 166 valence electrons. The summed E-state index contributed by atoms with van der Waals surface area (Å²) in [5.74, 6) is -1.12. The molecule has 11 heteroatoms. The molecule has 1 amide bonds. The van der Waals surface area contributed by atoms with Crippen molar-refractivity contribution < 1.29 is 22.5 Å². The first-order valence-electron chi connectivity index (χ1n) is 9.53. The van der Waals surface area contributed by atoms with E-state index in [2.05, 4.69) is 35.6 Å². The van der Waals surface area contributed by atoms with Gasteiger partial charge in [0.05, 0.1) is 15.5 Å². The van der Waals surface area contributed by atoms with Gasteiger partial charge in [0.25, 0.3) is 0 Å². The Balaban J connectivity index is 2.20. The highest BCUT2D eigenvalue weighted by molar-refractivity contribution is 9.10. The lowest BCUT2D eigenvalue weighted by molar-refractivity contribution is 0.0560. The van der Waals surface area contributed by atoms with Gasteiger partial charge in [-0.25, -0.2) is 27.1 Å². The molecule has 1 unspecified atom stereocenters. The minimum Gasteiger partial charge on any atom is -0.444 e. The van der Waals surface area contributed by atoms with Crippen LogP contribution >= 0.6 is 15.9 Å². The number of alkyl halides is 1. The fourth-order valence-corrected chi connectivity index (χ4v) is 6.87. The van der Waals surface area contributed by atoms with Crippen LogP contribution in [-0.4, -0.2) is 50.4 Å². The Morgan fingerprint density at radius 1 is 1.40 bits per heavy atom. The normalized spacial score (nSPS) is 31.2. The van der Waals surface area contributed by atoms with E-state index in [-0.39, 0.29) is 21.9 Å². The zero-order chi connectivity index (χ0) is 22.4. The van der Waals surface area contributed by atoms with E-state index in [1.165, 1.54) is 6.07 Å². The molecule has 0 saturated heterocycles. The number of amides is 1. The highest BCUT2D eigenvalue weighted by Crippen LogP contribution is 2.43. The summed E-state index contributed by atoms with van der Waals surface area (Å²) in [6.45, 7) is 5.95. The van der Waals surface area contributed by atoms with Crippen molar-refractivity contribution in [2.75, 3.05) is 19.0 Å². The molecule has 0 saturated carbocycles. The van der Waals surface area contributed by atoms with Crippen molar-refractivity contribution in [1.82, 2.24) is 10.3 Å². The van der Waals surface area contributed by atoms with Crippen molar-refractivity contribution in [3.8, 4) is 0 Å². The molecule has 0 radical (unpaired) electrons. The fourth-order valence-electron chi connectivity index (χ4n) is 3.65. The van der Waals surface area contributed by atoms with E-state index in [9.17, 15) is 17.8 Å². The Labute approximate surface area is 183 Å². The summed E-state index contributed by atoms with van der Waals surface area (Å²) in [6, 6.07) is 2.52. The van der Waals surface area contributed by atoms with Crippen LogP contribution in [0.5, 0.6) is 0 Å². The summed E-state index contributed by atoms with van der Waals surface area (Å²) in [7, 11) is -3.11. The zero-order valence-electron chi connectivity index (χ0n) is 17.3. The number of aromatic nitrogens is 1. The lowest BCUT2D eigenvalue weighted by Gasteiger charge is -2.45. The van der Waals surface area contributed by atoms with Crippen molar-refractivity contribution in [2.24, 2.45) is 9.36 Å². The van der Waals surface area contributed by atoms with Crippen LogP contribution in [0.25, 0.3) is 0 Å². The van der Waals surface area contributed by atoms with Crippen molar-refractivity contribution >= 4 is 37.6 Å². The first kappa shape index (κ1) is 23.1.